The normalized spacial score (nSPS) is 31.1. The lowest BCUT2D eigenvalue weighted by Gasteiger charge is -2.52. The van der Waals surface area contributed by atoms with E-state index in [-0.39, 0.29) is 13.0 Å². The topological polar surface area (TPSA) is 101 Å². The molecule has 0 aliphatic carbocycles. The van der Waals surface area contributed by atoms with Gasteiger partial charge in [-0.05, 0) is 57.7 Å². The van der Waals surface area contributed by atoms with Crippen LogP contribution in [0.3, 0.4) is 0 Å². The smallest absolute Gasteiger partial charge is 0.316 e. The molecule has 2 bridgehead atoms. The number of amides is 1. The summed E-state index contributed by atoms with van der Waals surface area (Å²) >= 11 is 6.00. The van der Waals surface area contributed by atoms with Gasteiger partial charge in [-0.25, -0.2) is 9.78 Å². The Hall–Kier alpha value is -2.18. The molecule has 156 valence electrons. The van der Waals surface area contributed by atoms with Gasteiger partial charge in [0.25, 0.3) is 0 Å². The summed E-state index contributed by atoms with van der Waals surface area (Å²) in [6, 6.07) is 9.01. The minimum Gasteiger partial charge on any atom is -0.465 e. The zero-order valence-electron chi connectivity index (χ0n) is 16.7. The number of hydrogen-bond donors (Lipinski definition) is 1. The summed E-state index contributed by atoms with van der Waals surface area (Å²) in [5, 5.41) is 10.9. The van der Waals surface area contributed by atoms with E-state index in [1.807, 2.05) is 18.2 Å². The summed E-state index contributed by atoms with van der Waals surface area (Å²) < 4.78 is 5.44. The molecule has 0 aromatic heterocycles. The van der Waals surface area contributed by atoms with Gasteiger partial charge in [0.05, 0.1) is 12.7 Å². The molecule has 2 heterocycles. The second kappa shape index (κ2) is 7.92. The first kappa shape index (κ1) is 21.5. The van der Waals surface area contributed by atoms with Gasteiger partial charge in [-0.15, -0.1) is 0 Å². The third-order valence-corrected chi connectivity index (χ3v) is 6.00. The number of hydrogen-bond acceptors (Lipinski definition) is 7. The molecule has 3 rings (SSSR count). The first-order valence-corrected chi connectivity index (χ1v) is 9.84. The Bertz CT molecular complexity index is 842. The highest BCUT2D eigenvalue weighted by Crippen LogP contribution is 2.57. The second-order valence-electron chi connectivity index (χ2n) is 7.64. The number of benzene rings is 1. The van der Waals surface area contributed by atoms with E-state index in [4.69, 9.17) is 31.4 Å². The number of ether oxygens (including phenoxy) is 1. The molecule has 2 aliphatic heterocycles. The van der Waals surface area contributed by atoms with Crippen LogP contribution in [0.4, 0.5) is 0 Å². The van der Waals surface area contributed by atoms with Gasteiger partial charge in [0.1, 0.15) is 11.8 Å². The molecule has 1 aromatic rings. The van der Waals surface area contributed by atoms with Crippen LogP contribution in [0.25, 0.3) is 0 Å². The fraction of sp³-hybridized carbons (Fsp3) is 0.550. The number of nitrogens with zero attached hydrogens (tertiary/aromatic N) is 2. The number of carbonyl (C=O) groups excluding carboxylic acids is 2. The van der Waals surface area contributed by atoms with Crippen LogP contribution in [0.2, 0.25) is 5.02 Å². The standard InChI is InChI=1S/C20H24ClN3O5/c1-4-27-17(26)20(13-14-5-7-15(21)8-6-14)11-10-18(2)24(19(20,3)29-28-18)23-16(25)9-12-22/h5-8H,4,9-11,13H2,1-3H3,(H,23,25). The summed E-state index contributed by atoms with van der Waals surface area (Å²) in [4.78, 5) is 36.8. The zero-order chi connectivity index (χ0) is 21.3. The van der Waals surface area contributed by atoms with E-state index in [1.54, 1.807) is 32.9 Å². The van der Waals surface area contributed by atoms with Gasteiger partial charge in [0.2, 0.25) is 5.91 Å². The third-order valence-electron chi connectivity index (χ3n) is 5.75. The van der Waals surface area contributed by atoms with Crippen molar-refractivity contribution in [1.29, 1.82) is 5.26 Å². The maximum atomic E-state index is 13.3. The Morgan fingerprint density at radius 3 is 2.59 bits per heavy atom. The number of fused-ring (bicyclic) bond motifs is 2. The first-order valence-electron chi connectivity index (χ1n) is 9.46. The van der Waals surface area contributed by atoms with Gasteiger partial charge in [-0.2, -0.15) is 10.3 Å². The Labute approximate surface area is 174 Å². The summed E-state index contributed by atoms with van der Waals surface area (Å²) in [5.74, 6) is -0.949. The van der Waals surface area contributed by atoms with Crippen molar-refractivity contribution in [3.8, 4) is 6.07 Å². The number of rotatable bonds is 6. The molecule has 1 aromatic carbocycles. The average molecular weight is 422 g/mol. The molecule has 0 spiro atoms. The molecule has 1 amide bonds. The van der Waals surface area contributed by atoms with Gasteiger partial charge in [-0.1, -0.05) is 23.7 Å². The number of piperidine rings is 1. The van der Waals surface area contributed by atoms with Crippen molar-refractivity contribution < 1.29 is 24.1 Å². The van der Waals surface area contributed by atoms with E-state index in [0.717, 1.165) is 5.56 Å². The lowest BCUT2D eigenvalue weighted by molar-refractivity contribution is -0.350. The minimum atomic E-state index is -1.35. The van der Waals surface area contributed by atoms with Crippen LogP contribution in [-0.4, -0.2) is 34.9 Å². The number of nitriles is 1. The monoisotopic (exact) mass is 421 g/mol. The molecular weight excluding hydrogens is 398 g/mol. The summed E-state index contributed by atoms with van der Waals surface area (Å²) in [6.07, 6.45) is 0.795. The van der Waals surface area contributed by atoms with Crippen LogP contribution in [0.15, 0.2) is 24.3 Å². The summed E-state index contributed by atoms with van der Waals surface area (Å²) in [5.41, 5.74) is 0.0828. The minimum absolute atomic E-state index is 0.205. The lowest BCUT2D eigenvalue weighted by atomic mass is 9.66. The first-order chi connectivity index (χ1) is 13.7. The molecule has 3 atom stereocenters. The number of esters is 1. The van der Waals surface area contributed by atoms with Crippen LogP contribution in [0, 0.1) is 16.7 Å². The number of carbonyl (C=O) groups is 2. The largest absolute Gasteiger partial charge is 0.465 e. The van der Waals surface area contributed by atoms with Crippen molar-refractivity contribution in [2.45, 2.75) is 57.9 Å². The van der Waals surface area contributed by atoms with Gasteiger partial charge < -0.3 is 4.74 Å². The molecule has 0 radical (unpaired) electrons. The molecule has 8 nitrogen and oxygen atoms in total. The second-order valence-corrected chi connectivity index (χ2v) is 8.07. The van der Waals surface area contributed by atoms with E-state index < -0.39 is 28.7 Å². The highest BCUT2D eigenvalue weighted by Gasteiger charge is 2.71. The van der Waals surface area contributed by atoms with Crippen LogP contribution in [0.1, 0.15) is 45.6 Å². The fourth-order valence-electron chi connectivity index (χ4n) is 4.12. The predicted molar refractivity (Wildman–Crippen MR) is 103 cm³/mol. The molecule has 2 saturated heterocycles. The molecule has 1 N–H and O–H groups in total. The van der Waals surface area contributed by atoms with Gasteiger partial charge in [-0.3, -0.25) is 15.0 Å². The zero-order valence-corrected chi connectivity index (χ0v) is 17.4. The maximum Gasteiger partial charge on any atom is 0.316 e. The van der Waals surface area contributed by atoms with Gasteiger partial charge >= 0.3 is 5.97 Å². The van der Waals surface area contributed by atoms with Crippen molar-refractivity contribution >= 4 is 23.5 Å². The Balaban J connectivity index is 2.05. The number of hydrazine groups is 1. The average Bonchev–Trinajstić information content (AvgIpc) is 2.86. The Morgan fingerprint density at radius 1 is 1.28 bits per heavy atom. The summed E-state index contributed by atoms with van der Waals surface area (Å²) in [7, 11) is 0. The van der Waals surface area contributed by atoms with E-state index in [0.29, 0.717) is 24.3 Å². The lowest BCUT2D eigenvalue weighted by Crippen LogP contribution is -2.72. The fourth-order valence-corrected chi connectivity index (χ4v) is 4.24. The maximum absolute atomic E-state index is 13.3. The van der Waals surface area contributed by atoms with E-state index >= 15 is 0 Å². The van der Waals surface area contributed by atoms with Gasteiger partial charge in [0.15, 0.2) is 11.4 Å². The highest BCUT2D eigenvalue weighted by molar-refractivity contribution is 6.30. The van der Waals surface area contributed by atoms with E-state index in [1.165, 1.54) is 5.01 Å². The SMILES string of the molecule is CCOC(=O)C1(Cc2ccc(Cl)cc2)CCC2(C)OOC1(C)N2NC(=O)CC#N. The highest BCUT2D eigenvalue weighted by atomic mass is 35.5. The molecule has 29 heavy (non-hydrogen) atoms. The Morgan fingerprint density at radius 2 is 1.97 bits per heavy atom. The number of halogens is 1. The van der Waals surface area contributed by atoms with Gasteiger partial charge in [0, 0.05) is 5.02 Å². The van der Waals surface area contributed by atoms with Crippen molar-refractivity contribution in [1.82, 2.24) is 10.4 Å². The van der Waals surface area contributed by atoms with Crippen LogP contribution in [0.5, 0.6) is 0 Å². The molecule has 2 fully saturated rings. The van der Waals surface area contributed by atoms with Crippen LogP contribution < -0.4 is 5.43 Å². The molecule has 2 aliphatic rings. The third kappa shape index (κ3) is 3.60. The quantitative estimate of drug-likeness (QED) is 0.556. The van der Waals surface area contributed by atoms with Crippen LogP contribution >= 0.6 is 11.6 Å². The predicted octanol–water partition coefficient (Wildman–Crippen LogP) is 2.87. The van der Waals surface area contributed by atoms with E-state index in [2.05, 4.69) is 5.43 Å². The summed E-state index contributed by atoms with van der Waals surface area (Å²) in [6.45, 7) is 5.40. The molecular formula is C20H24ClN3O5. The molecule has 9 heteroatoms. The van der Waals surface area contributed by atoms with E-state index in [9.17, 15) is 9.59 Å². The number of nitrogens with one attached hydrogen (secondary N) is 1. The van der Waals surface area contributed by atoms with Crippen molar-refractivity contribution in [2.75, 3.05) is 6.61 Å². The van der Waals surface area contributed by atoms with Crippen molar-refractivity contribution in [2.24, 2.45) is 5.41 Å². The van der Waals surface area contributed by atoms with Crippen LogP contribution in [-0.2, 0) is 30.5 Å². The molecule has 0 saturated carbocycles. The van der Waals surface area contributed by atoms with Crippen molar-refractivity contribution in [3.05, 3.63) is 34.9 Å². The molecule has 3 unspecified atom stereocenters. The Kier molecular flexibility index (Phi) is 5.88. The van der Waals surface area contributed by atoms with Crippen molar-refractivity contribution in [3.63, 3.8) is 0 Å².